The molecule has 0 unspecified atom stereocenters. The third-order valence-electron chi connectivity index (χ3n) is 2.09. The van der Waals surface area contributed by atoms with E-state index in [1.54, 1.807) is 31.3 Å². The van der Waals surface area contributed by atoms with E-state index in [1.807, 2.05) is 0 Å². The summed E-state index contributed by atoms with van der Waals surface area (Å²) in [5.41, 5.74) is 6.55. The molecule has 6 nitrogen and oxygen atoms in total. The fourth-order valence-electron chi connectivity index (χ4n) is 1.17. The molecule has 0 spiro atoms. The van der Waals surface area contributed by atoms with E-state index >= 15 is 0 Å². The Morgan fingerprint density at radius 1 is 1.56 bits per heavy atom. The van der Waals surface area contributed by atoms with Gasteiger partial charge in [-0.15, -0.1) is 0 Å². The Balaban J connectivity index is 3.03. The molecule has 6 heteroatoms. The van der Waals surface area contributed by atoms with Crippen molar-refractivity contribution in [3.05, 3.63) is 29.8 Å². The maximum absolute atomic E-state index is 11.3. The Labute approximate surface area is 92.9 Å². The van der Waals surface area contributed by atoms with E-state index in [-0.39, 0.29) is 5.84 Å². The summed E-state index contributed by atoms with van der Waals surface area (Å²) in [4.78, 5) is 12.6. The first-order valence-electron chi connectivity index (χ1n) is 4.49. The quantitative estimate of drug-likeness (QED) is 0.338. The van der Waals surface area contributed by atoms with E-state index in [2.05, 4.69) is 9.89 Å². The molecular formula is C10H13N3O3. The second-order valence-corrected chi connectivity index (χ2v) is 3.06. The van der Waals surface area contributed by atoms with Crippen LogP contribution in [-0.4, -0.2) is 31.3 Å². The third-order valence-corrected chi connectivity index (χ3v) is 2.09. The largest absolute Gasteiger partial charge is 0.452 e. The van der Waals surface area contributed by atoms with Gasteiger partial charge in [0.15, 0.2) is 5.84 Å². The van der Waals surface area contributed by atoms with Gasteiger partial charge >= 0.3 is 6.09 Å². The van der Waals surface area contributed by atoms with Crippen molar-refractivity contribution < 1.29 is 14.7 Å². The summed E-state index contributed by atoms with van der Waals surface area (Å²) >= 11 is 0. The number of hydrogen-bond acceptors (Lipinski definition) is 4. The van der Waals surface area contributed by atoms with Gasteiger partial charge in [0, 0.05) is 18.3 Å². The van der Waals surface area contributed by atoms with Crippen LogP contribution in [0.2, 0.25) is 0 Å². The molecule has 0 heterocycles. The fourth-order valence-corrected chi connectivity index (χ4v) is 1.17. The molecule has 0 aromatic heterocycles. The van der Waals surface area contributed by atoms with E-state index in [0.29, 0.717) is 11.3 Å². The SMILES string of the molecule is COC(=O)N(C)c1cccc(C(N)=NO)c1. The predicted molar refractivity (Wildman–Crippen MR) is 59.8 cm³/mol. The van der Waals surface area contributed by atoms with Gasteiger partial charge in [-0.25, -0.2) is 4.79 Å². The normalized spacial score (nSPS) is 11.0. The van der Waals surface area contributed by atoms with Crippen molar-refractivity contribution in [2.45, 2.75) is 0 Å². The van der Waals surface area contributed by atoms with E-state index in [0.717, 1.165) is 0 Å². The molecule has 1 aromatic rings. The number of hydrogen-bond donors (Lipinski definition) is 2. The molecule has 0 saturated carbocycles. The summed E-state index contributed by atoms with van der Waals surface area (Å²) < 4.78 is 4.57. The first-order valence-corrected chi connectivity index (χ1v) is 4.49. The van der Waals surface area contributed by atoms with Crippen molar-refractivity contribution in [3.8, 4) is 0 Å². The van der Waals surface area contributed by atoms with Crippen molar-refractivity contribution in [1.82, 2.24) is 0 Å². The Bertz CT molecular complexity index is 418. The zero-order valence-electron chi connectivity index (χ0n) is 9.04. The number of methoxy groups -OCH3 is 1. The molecule has 0 saturated heterocycles. The zero-order chi connectivity index (χ0) is 12.1. The number of ether oxygens (including phenoxy) is 1. The molecule has 0 aliphatic heterocycles. The van der Waals surface area contributed by atoms with Crippen LogP contribution in [0.4, 0.5) is 10.5 Å². The van der Waals surface area contributed by atoms with Gasteiger partial charge in [-0.1, -0.05) is 17.3 Å². The summed E-state index contributed by atoms with van der Waals surface area (Å²) in [6, 6.07) is 6.70. The van der Waals surface area contributed by atoms with Crippen LogP contribution in [0.3, 0.4) is 0 Å². The maximum Gasteiger partial charge on any atom is 0.413 e. The van der Waals surface area contributed by atoms with Crippen LogP contribution in [0.25, 0.3) is 0 Å². The van der Waals surface area contributed by atoms with Crippen LogP contribution in [0.5, 0.6) is 0 Å². The van der Waals surface area contributed by atoms with Crippen LogP contribution in [0.1, 0.15) is 5.56 Å². The lowest BCUT2D eigenvalue weighted by Gasteiger charge is -2.16. The molecular weight excluding hydrogens is 210 g/mol. The second-order valence-electron chi connectivity index (χ2n) is 3.06. The summed E-state index contributed by atoms with van der Waals surface area (Å²) in [7, 11) is 2.86. The number of oxime groups is 1. The Kier molecular flexibility index (Phi) is 3.71. The van der Waals surface area contributed by atoms with E-state index in [9.17, 15) is 4.79 Å². The predicted octanol–water partition coefficient (Wildman–Crippen LogP) is 0.984. The van der Waals surface area contributed by atoms with Crippen molar-refractivity contribution in [2.24, 2.45) is 10.9 Å². The minimum atomic E-state index is -0.489. The highest BCUT2D eigenvalue weighted by atomic mass is 16.5. The highest BCUT2D eigenvalue weighted by Gasteiger charge is 2.11. The summed E-state index contributed by atoms with van der Waals surface area (Å²) in [5, 5.41) is 11.4. The van der Waals surface area contributed by atoms with Crippen molar-refractivity contribution >= 4 is 17.6 Å². The molecule has 16 heavy (non-hydrogen) atoms. The second kappa shape index (κ2) is 5.01. The molecule has 0 radical (unpaired) electrons. The molecule has 0 fully saturated rings. The minimum Gasteiger partial charge on any atom is -0.452 e. The number of rotatable bonds is 2. The molecule has 86 valence electrons. The van der Waals surface area contributed by atoms with Gasteiger partial charge in [-0.2, -0.15) is 0 Å². The lowest BCUT2D eigenvalue weighted by Crippen LogP contribution is -2.26. The van der Waals surface area contributed by atoms with Gasteiger partial charge in [0.05, 0.1) is 7.11 Å². The van der Waals surface area contributed by atoms with Crippen LogP contribution < -0.4 is 10.6 Å². The number of amidine groups is 1. The highest BCUT2D eigenvalue weighted by Crippen LogP contribution is 2.15. The highest BCUT2D eigenvalue weighted by molar-refractivity contribution is 5.98. The first-order chi connectivity index (χ1) is 7.60. The number of benzene rings is 1. The van der Waals surface area contributed by atoms with Crippen LogP contribution >= 0.6 is 0 Å². The average molecular weight is 223 g/mol. The molecule has 0 atom stereocenters. The molecule has 0 aliphatic rings. The fraction of sp³-hybridized carbons (Fsp3) is 0.200. The first kappa shape index (κ1) is 11.8. The van der Waals surface area contributed by atoms with Gasteiger partial charge < -0.3 is 15.7 Å². The molecule has 1 amide bonds. The molecule has 1 aromatic carbocycles. The van der Waals surface area contributed by atoms with E-state index < -0.39 is 6.09 Å². The number of anilines is 1. The maximum atomic E-state index is 11.3. The van der Waals surface area contributed by atoms with Gasteiger partial charge in [0.1, 0.15) is 0 Å². The number of nitrogens with two attached hydrogens (primary N) is 1. The number of amides is 1. The van der Waals surface area contributed by atoms with E-state index in [1.165, 1.54) is 12.0 Å². The summed E-state index contributed by atoms with van der Waals surface area (Å²) in [6.07, 6.45) is -0.489. The lowest BCUT2D eigenvalue weighted by molar-refractivity contribution is 0.180. The van der Waals surface area contributed by atoms with Crippen molar-refractivity contribution in [2.75, 3.05) is 19.1 Å². The van der Waals surface area contributed by atoms with Gasteiger partial charge in [0.2, 0.25) is 0 Å². The van der Waals surface area contributed by atoms with Gasteiger partial charge in [-0.05, 0) is 12.1 Å². The Morgan fingerprint density at radius 2 is 2.25 bits per heavy atom. The van der Waals surface area contributed by atoms with E-state index in [4.69, 9.17) is 10.9 Å². The lowest BCUT2D eigenvalue weighted by atomic mass is 10.2. The minimum absolute atomic E-state index is 0.0138. The Morgan fingerprint density at radius 3 is 2.81 bits per heavy atom. The zero-order valence-corrected chi connectivity index (χ0v) is 9.04. The summed E-state index contributed by atoms with van der Waals surface area (Å²) in [5.74, 6) is -0.0138. The molecule has 0 bridgehead atoms. The smallest absolute Gasteiger partial charge is 0.413 e. The van der Waals surface area contributed by atoms with Gasteiger partial charge in [0.25, 0.3) is 0 Å². The van der Waals surface area contributed by atoms with Crippen LogP contribution in [0.15, 0.2) is 29.4 Å². The number of carbonyl (C=O) groups excluding carboxylic acids is 1. The monoisotopic (exact) mass is 223 g/mol. The van der Waals surface area contributed by atoms with Crippen LogP contribution in [-0.2, 0) is 4.74 Å². The summed E-state index contributed by atoms with van der Waals surface area (Å²) in [6.45, 7) is 0. The third kappa shape index (κ3) is 2.41. The van der Waals surface area contributed by atoms with Crippen LogP contribution in [0, 0.1) is 0 Å². The topological polar surface area (TPSA) is 88.2 Å². The molecule has 0 aliphatic carbocycles. The van der Waals surface area contributed by atoms with Crippen molar-refractivity contribution in [3.63, 3.8) is 0 Å². The van der Waals surface area contributed by atoms with Gasteiger partial charge in [-0.3, -0.25) is 4.90 Å². The molecule has 1 rings (SSSR count). The Hall–Kier alpha value is -2.24. The number of nitrogens with zero attached hydrogens (tertiary/aromatic N) is 2. The standard InChI is InChI=1S/C10H13N3O3/c1-13(10(14)16-2)8-5-3-4-7(6-8)9(11)12-15/h3-6,15H,1-2H3,(H2,11,12). The average Bonchev–Trinajstić information content (AvgIpc) is 2.36. The van der Waals surface area contributed by atoms with Crippen molar-refractivity contribution in [1.29, 1.82) is 0 Å². The molecule has 3 N–H and O–H groups in total. The number of carbonyl (C=O) groups is 1.